The summed E-state index contributed by atoms with van der Waals surface area (Å²) in [5.41, 5.74) is 1.16. The molecule has 0 aliphatic carbocycles. The Morgan fingerprint density at radius 3 is 2.86 bits per heavy atom. The normalized spacial score (nSPS) is 12.2. The van der Waals surface area contributed by atoms with Gasteiger partial charge in [0.25, 0.3) is 0 Å². The highest BCUT2D eigenvalue weighted by Crippen LogP contribution is 2.24. The van der Waals surface area contributed by atoms with E-state index in [1.54, 1.807) is 13.3 Å². The zero-order valence-electron chi connectivity index (χ0n) is 12.4. The first kappa shape index (κ1) is 15.5. The first-order valence-corrected chi connectivity index (χ1v) is 6.99. The van der Waals surface area contributed by atoms with Gasteiger partial charge in [-0.1, -0.05) is 23.7 Å². The van der Waals surface area contributed by atoms with Crippen LogP contribution in [0.15, 0.2) is 36.8 Å². The molecule has 2 aromatic rings. The molecule has 0 radical (unpaired) electrons. The van der Waals surface area contributed by atoms with Crippen molar-refractivity contribution in [3.8, 4) is 5.75 Å². The Balaban J connectivity index is 2.14. The number of rotatable bonds is 6. The van der Waals surface area contributed by atoms with Crippen LogP contribution in [0.4, 0.5) is 5.82 Å². The van der Waals surface area contributed by atoms with Crippen molar-refractivity contribution in [1.82, 2.24) is 14.9 Å². The first-order chi connectivity index (χ1) is 10.1. The van der Waals surface area contributed by atoms with Crippen LogP contribution in [0.1, 0.15) is 11.6 Å². The number of ether oxygens (including phenoxy) is 1. The Bertz CT molecular complexity index is 591. The van der Waals surface area contributed by atoms with Crippen LogP contribution >= 0.6 is 11.6 Å². The van der Waals surface area contributed by atoms with Gasteiger partial charge in [0.2, 0.25) is 0 Å². The van der Waals surface area contributed by atoms with Gasteiger partial charge in [-0.05, 0) is 31.8 Å². The topological polar surface area (TPSA) is 50.3 Å². The summed E-state index contributed by atoms with van der Waals surface area (Å²) in [5.74, 6) is 1.49. The minimum absolute atomic E-state index is 0.172. The number of nitrogens with one attached hydrogen (secondary N) is 1. The van der Waals surface area contributed by atoms with Crippen molar-refractivity contribution in [2.45, 2.75) is 6.04 Å². The van der Waals surface area contributed by atoms with E-state index in [0.29, 0.717) is 17.4 Å². The monoisotopic (exact) mass is 306 g/mol. The van der Waals surface area contributed by atoms with Crippen molar-refractivity contribution in [2.75, 3.05) is 33.1 Å². The minimum Gasteiger partial charge on any atom is -0.497 e. The second kappa shape index (κ2) is 7.24. The Hall–Kier alpha value is -1.85. The van der Waals surface area contributed by atoms with Crippen LogP contribution in [0.2, 0.25) is 5.02 Å². The quantitative estimate of drug-likeness (QED) is 0.889. The SMILES string of the molecule is COc1cccc(C(CNc2ncncc2Cl)N(C)C)c1. The van der Waals surface area contributed by atoms with Crippen LogP contribution in [0.5, 0.6) is 5.75 Å². The third-order valence-corrected chi connectivity index (χ3v) is 3.51. The Morgan fingerprint density at radius 2 is 2.19 bits per heavy atom. The van der Waals surface area contributed by atoms with Gasteiger partial charge in [0.15, 0.2) is 0 Å². The lowest BCUT2D eigenvalue weighted by Crippen LogP contribution is -2.27. The number of benzene rings is 1. The van der Waals surface area contributed by atoms with Crippen molar-refractivity contribution in [1.29, 1.82) is 0 Å². The second-order valence-corrected chi connectivity index (χ2v) is 5.26. The molecule has 0 saturated carbocycles. The molecule has 5 nitrogen and oxygen atoms in total. The molecule has 2 rings (SSSR count). The van der Waals surface area contributed by atoms with Crippen LogP contribution in [-0.4, -0.2) is 42.6 Å². The van der Waals surface area contributed by atoms with Gasteiger partial charge >= 0.3 is 0 Å². The molecule has 1 unspecified atom stereocenters. The summed E-state index contributed by atoms with van der Waals surface area (Å²) in [6.07, 6.45) is 3.05. The third-order valence-electron chi connectivity index (χ3n) is 3.23. The molecule has 0 saturated heterocycles. The molecule has 1 heterocycles. The Labute approximate surface area is 129 Å². The van der Waals surface area contributed by atoms with Gasteiger partial charge in [-0.15, -0.1) is 0 Å². The van der Waals surface area contributed by atoms with Gasteiger partial charge in [0.05, 0.1) is 19.3 Å². The highest BCUT2D eigenvalue weighted by atomic mass is 35.5. The summed E-state index contributed by atoms with van der Waals surface area (Å²) in [6, 6.07) is 8.21. The number of aromatic nitrogens is 2. The van der Waals surface area contributed by atoms with Gasteiger partial charge < -0.3 is 15.0 Å². The molecule has 0 aliphatic heterocycles. The number of hydrogen-bond donors (Lipinski definition) is 1. The highest BCUT2D eigenvalue weighted by molar-refractivity contribution is 6.32. The first-order valence-electron chi connectivity index (χ1n) is 6.61. The van der Waals surface area contributed by atoms with E-state index in [9.17, 15) is 0 Å². The van der Waals surface area contributed by atoms with Crippen molar-refractivity contribution >= 4 is 17.4 Å². The van der Waals surface area contributed by atoms with E-state index in [0.717, 1.165) is 11.3 Å². The summed E-state index contributed by atoms with van der Waals surface area (Å²) < 4.78 is 5.29. The van der Waals surface area contributed by atoms with Gasteiger partial charge in [-0.2, -0.15) is 0 Å². The lowest BCUT2D eigenvalue weighted by Gasteiger charge is -2.25. The maximum Gasteiger partial charge on any atom is 0.148 e. The van der Waals surface area contributed by atoms with Crippen LogP contribution < -0.4 is 10.1 Å². The van der Waals surface area contributed by atoms with Crippen molar-refractivity contribution < 1.29 is 4.74 Å². The molecule has 0 fully saturated rings. The molecule has 6 heteroatoms. The highest BCUT2D eigenvalue weighted by Gasteiger charge is 2.15. The molecular formula is C15H19ClN4O. The second-order valence-electron chi connectivity index (χ2n) is 4.86. The van der Waals surface area contributed by atoms with Gasteiger partial charge in [0, 0.05) is 6.54 Å². The molecule has 0 spiro atoms. The van der Waals surface area contributed by atoms with Crippen molar-refractivity contribution in [3.05, 3.63) is 47.4 Å². The van der Waals surface area contributed by atoms with Crippen molar-refractivity contribution in [2.24, 2.45) is 0 Å². The van der Waals surface area contributed by atoms with Crippen LogP contribution in [0.3, 0.4) is 0 Å². The lowest BCUT2D eigenvalue weighted by molar-refractivity contribution is 0.310. The zero-order chi connectivity index (χ0) is 15.2. The van der Waals surface area contributed by atoms with Gasteiger partial charge in [0.1, 0.15) is 22.9 Å². The number of likely N-dealkylation sites (N-methyl/N-ethyl adjacent to an activating group) is 1. The predicted octanol–water partition coefficient (Wildman–Crippen LogP) is 2.85. The smallest absolute Gasteiger partial charge is 0.148 e. The zero-order valence-corrected chi connectivity index (χ0v) is 13.1. The van der Waals surface area contributed by atoms with Gasteiger partial charge in [-0.25, -0.2) is 9.97 Å². The molecule has 0 amide bonds. The van der Waals surface area contributed by atoms with Crippen LogP contribution in [0.25, 0.3) is 0 Å². The van der Waals surface area contributed by atoms with Crippen molar-refractivity contribution in [3.63, 3.8) is 0 Å². The predicted molar refractivity (Wildman–Crippen MR) is 85.0 cm³/mol. The number of methoxy groups -OCH3 is 1. The molecule has 1 aromatic heterocycles. The molecule has 1 aromatic carbocycles. The van der Waals surface area contributed by atoms with Crippen LogP contribution in [0, 0.1) is 0 Å². The third kappa shape index (κ3) is 4.06. The Kier molecular flexibility index (Phi) is 5.36. The molecule has 1 N–H and O–H groups in total. The standard InChI is InChI=1S/C15H19ClN4O/c1-20(2)14(11-5-4-6-12(7-11)21-3)9-18-15-13(16)8-17-10-19-15/h4-8,10,14H,9H2,1-3H3,(H,17,18,19). The maximum atomic E-state index is 6.06. The van der Waals surface area contributed by atoms with Crippen LogP contribution in [-0.2, 0) is 0 Å². The fourth-order valence-electron chi connectivity index (χ4n) is 2.08. The lowest BCUT2D eigenvalue weighted by atomic mass is 10.1. The summed E-state index contributed by atoms with van der Waals surface area (Å²) in [5, 5.41) is 3.78. The Morgan fingerprint density at radius 1 is 1.38 bits per heavy atom. The maximum absolute atomic E-state index is 6.06. The number of nitrogens with zero attached hydrogens (tertiary/aromatic N) is 3. The van der Waals surface area contributed by atoms with Gasteiger partial charge in [-0.3, -0.25) is 0 Å². The van der Waals surface area contributed by atoms with E-state index < -0.39 is 0 Å². The van der Waals surface area contributed by atoms with E-state index in [-0.39, 0.29) is 6.04 Å². The summed E-state index contributed by atoms with van der Waals surface area (Å²) in [7, 11) is 5.74. The average molecular weight is 307 g/mol. The average Bonchev–Trinajstić information content (AvgIpc) is 2.49. The summed E-state index contributed by atoms with van der Waals surface area (Å²) >= 11 is 6.06. The number of halogens is 1. The van der Waals surface area contributed by atoms with E-state index in [1.807, 2.05) is 32.3 Å². The minimum atomic E-state index is 0.172. The largest absolute Gasteiger partial charge is 0.497 e. The number of anilines is 1. The van der Waals surface area contributed by atoms with E-state index in [2.05, 4.69) is 26.3 Å². The molecule has 1 atom stereocenters. The van der Waals surface area contributed by atoms with E-state index in [4.69, 9.17) is 16.3 Å². The van der Waals surface area contributed by atoms with E-state index >= 15 is 0 Å². The molecule has 21 heavy (non-hydrogen) atoms. The molecule has 0 aliphatic rings. The summed E-state index contributed by atoms with van der Waals surface area (Å²) in [4.78, 5) is 10.2. The molecular weight excluding hydrogens is 288 g/mol. The summed E-state index contributed by atoms with van der Waals surface area (Å²) in [6.45, 7) is 0.677. The fraction of sp³-hybridized carbons (Fsp3) is 0.333. The molecule has 0 bridgehead atoms. The van der Waals surface area contributed by atoms with E-state index in [1.165, 1.54) is 6.33 Å². The molecule has 112 valence electrons. The number of hydrogen-bond acceptors (Lipinski definition) is 5. The fourth-order valence-corrected chi connectivity index (χ4v) is 2.26.